The summed E-state index contributed by atoms with van der Waals surface area (Å²) in [6.07, 6.45) is 3.98. The molecule has 1 aliphatic rings. The van der Waals surface area contributed by atoms with Gasteiger partial charge in [-0.25, -0.2) is 4.98 Å². The summed E-state index contributed by atoms with van der Waals surface area (Å²) in [4.78, 5) is 23.2. The van der Waals surface area contributed by atoms with Crippen LogP contribution in [0, 0.1) is 0 Å². The Morgan fingerprint density at radius 3 is 2.56 bits per heavy atom. The number of hydrogen-bond donors (Lipinski definition) is 0. The molecular weight excluding hydrogens is 252 g/mol. The van der Waals surface area contributed by atoms with Gasteiger partial charge in [0.25, 0.3) is 0 Å². The first-order chi connectivity index (χ1) is 8.74. The number of ether oxygens (including phenoxy) is 1. The smallest absolute Gasteiger partial charge is 0.373 e. The molecule has 0 radical (unpaired) electrons. The van der Waals surface area contributed by atoms with Crippen LogP contribution in [0.1, 0.15) is 25.5 Å². The van der Waals surface area contributed by atoms with Crippen LogP contribution in [0.25, 0.3) is 0 Å². The lowest BCUT2D eigenvalue weighted by Gasteiger charge is -2.30. The van der Waals surface area contributed by atoms with Crippen molar-refractivity contribution in [1.82, 2.24) is 4.98 Å². The van der Waals surface area contributed by atoms with Crippen molar-refractivity contribution < 1.29 is 14.3 Å². The SMILES string of the molecule is CCc1csc(N2CCC(OC)CC2)n1.O=C=O. The second-order valence-corrected chi connectivity index (χ2v) is 4.82. The van der Waals surface area contributed by atoms with E-state index in [-0.39, 0.29) is 6.15 Å². The standard InChI is InChI=1S/C11H18N2OS.CO2/c1-3-9-8-15-11(12-9)13-6-4-10(14-2)5-7-13;2-1-3/h8,10H,3-7H2,1-2H3;. The highest BCUT2D eigenvalue weighted by atomic mass is 32.1. The summed E-state index contributed by atoms with van der Waals surface area (Å²) in [5.41, 5.74) is 1.21. The topological polar surface area (TPSA) is 59.5 Å². The summed E-state index contributed by atoms with van der Waals surface area (Å²) in [5, 5.41) is 3.35. The van der Waals surface area contributed by atoms with E-state index in [0.717, 1.165) is 32.4 Å². The maximum atomic E-state index is 8.12. The van der Waals surface area contributed by atoms with Crippen LogP contribution in [0.3, 0.4) is 0 Å². The fourth-order valence-electron chi connectivity index (χ4n) is 1.89. The fourth-order valence-corrected chi connectivity index (χ4v) is 2.85. The van der Waals surface area contributed by atoms with Crippen molar-refractivity contribution >= 4 is 22.6 Å². The first kappa shape index (κ1) is 14.8. The first-order valence-corrected chi connectivity index (χ1v) is 6.84. The highest BCUT2D eigenvalue weighted by Gasteiger charge is 2.20. The maximum Gasteiger partial charge on any atom is 0.373 e. The average Bonchev–Trinajstić information content (AvgIpc) is 2.88. The van der Waals surface area contributed by atoms with Crippen molar-refractivity contribution in [2.24, 2.45) is 0 Å². The van der Waals surface area contributed by atoms with Crippen molar-refractivity contribution in [3.8, 4) is 0 Å². The lowest BCUT2D eigenvalue weighted by Crippen LogP contribution is -2.36. The molecule has 2 heterocycles. The summed E-state index contributed by atoms with van der Waals surface area (Å²) in [7, 11) is 1.80. The van der Waals surface area contributed by atoms with Gasteiger partial charge in [0.2, 0.25) is 0 Å². The predicted octanol–water partition coefficient (Wildman–Crippen LogP) is 1.74. The van der Waals surface area contributed by atoms with Gasteiger partial charge in [-0.3, -0.25) is 0 Å². The van der Waals surface area contributed by atoms with Gasteiger partial charge in [0.15, 0.2) is 5.13 Å². The highest BCUT2D eigenvalue weighted by Crippen LogP contribution is 2.24. The van der Waals surface area contributed by atoms with Gasteiger partial charge in [-0.1, -0.05) is 6.92 Å². The molecule has 1 aromatic heterocycles. The molecule has 0 atom stereocenters. The molecule has 100 valence electrons. The molecule has 0 bridgehead atoms. The van der Waals surface area contributed by atoms with Crippen LogP contribution in [-0.4, -0.2) is 37.4 Å². The van der Waals surface area contributed by atoms with E-state index < -0.39 is 0 Å². The Hall–Kier alpha value is -1.23. The third-order valence-corrected chi connectivity index (χ3v) is 3.90. The van der Waals surface area contributed by atoms with Gasteiger partial charge in [-0.2, -0.15) is 9.59 Å². The second kappa shape index (κ2) is 7.97. The van der Waals surface area contributed by atoms with E-state index in [1.165, 1.54) is 10.8 Å². The molecule has 6 heteroatoms. The summed E-state index contributed by atoms with van der Waals surface area (Å²) >= 11 is 1.76. The van der Waals surface area contributed by atoms with E-state index >= 15 is 0 Å². The third-order valence-electron chi connectivity index (χ3n) is 2.95. The van der Waals surface area contributed by atoms with Gasteiger partial charge in [0.1, 0.15) is 0 Å². The van der Waals surface area contributed by atoms with Crippen LogP contribution in [-0.2, 0) is 20.7 Å². The van der Waals surface area contributed by atoms with Gasteiger partial charge in [0.05, 0.1) is 11.8 Å². The monoisotopic (exact) mass is 270 g/mol. The number of piperidine rings is 1. The van der Waals surface area contributed by atoms with Crippen LogP contribution >= 0.6 is 11.3 Å². The second-order valence-electron chi connectivity index (χ2n) is 3.98. The zero-order valence-corrected chi connectivity index (χ0v) is 11.5. The van der Waals surface area contributed by atoms with Crippen LogP contribution in [0.4, 0.5) is 5.13 Å². The Labute approximate surface area is 111 Å². The number of aryl methyl sites for hydroxylation is 1. The van der Waals surface area contributed by atoms with E-state index in [4.69, 9.17) is 14.3 Å². The van der Waals surface area contributed by atoms with Crippen molar-refractivity contribution in [2.75, 3.05) is 25.1 Å². The van der Waals surface area contributed by atoms with E-state index in [2.05, 4.69) is 22.2 Å². The molecule has 0 unspecified atom stereocenters. The van der Waals surface area contributed by atoms with E-state index in [1.54, 1.807) is 18.4 Å². The molecule has 0 saturated carbocycles. The fraction of sp³-hybridized carbons (Fsp3) is 0.667. The van der Waals surface area contributed by atoms with Gasteiger partial charge in [0, 0.05) is 25.6 Å². The normalized spacial score (nSPS) is 15.8. The summed E-state index contributed by atoms with van der Waals surface area (Å²) in [5.74, 6) is 0. The predicted molar refractivity (Wildman–Crippen MR) is 68.7 cm³/mol. The van der Waals surface area contributed by atoms with Crippen LogP contribution in [0.5, 0.6) is 0 Å². The minimum atomic E-state index is 0.250. The number of rotatable bonds is 3. The van der Waals surface area contributed by atoms with Gasteiger partial charge >= 0.3 is 6.15 Å². The molecule has 2 rings (SSSR count). The number of anilines is 1. The number of carbonyl (C=O) groups excluding carboxylic acids is 2. The Balaban J connectivity index is 0.000000492. The summed E-state index contributed by atoms with van der Waals surface area (Å²) < 4.78 is 5.36. The lowest BCUT2D eigenvalue weighted by molar-refractivity contribution is -0.191. The lowest BCUT2D eigenvalue weighted by atomic mass is 10.1. The third kappa shape index (κ3) is 4.22. The molecule has 1 saturated heterocycles. The molecule has 0 aromatic carbocycles. The number of hydrogen-bond acceptors (Lipinski definition) is 6. The Morgan fingerprint density at radius 1 is 1.50 bits per heavy atom. The minimum Gasteiger partial charge on any atom is -0.381 e. The molecule has 1 fully saturated rings. The van der Waals surface area contributed by atoms with Crippen molar-refractivity contribution in [1.29, 1.82) is 0 Å². The van der Waals surface area contributed by atoms with E-state index in [1.807, 2.05) is 0 Å². The minimum absolute atomic E-state index is 0.250. The van der Waals surface area contributed by atoms with Crippen molar-refractivity contribution in [2.45, 2.75) is 32.3 Å². The Bertz CT molecular complexity index is 380. The van der Waals surface area contributed by atoms with E-state index in [0.29, 0.717) is 6.10 Å². The summed E-state index contributed by atoms with van der Waals surface area (Å²) in [6.45, 7) is 4.31. The van der Waals surface area contributed by atoms with Gasteiger partial charge in [-0.05, 0) is 19.3 Å². The molecule has 0 spiro atoms. The van der Waals surface area contributed by atoms with Gasteiger partial charge in [-0.15, -0.1) is 11.3 Å². The Kier molecular flexibility index (Phi) is 6.57. The molecule has 1 aliphatic heterocycles. The van der Waals surface area contributed by atoms with E-state index in [9.17, 15) is 0 Å². The quantitative estimate of drug-likeness (QED) is 0.837. The highest BCUT2D eigenvalue weighted by molar-refractivity contribution is 7.13. The van der Waals surface area contributed by atoms with Crippen LogP contribution in [0.15, 0.2) is 5.38 Å². The molecular formula is C12H18N2O3S. The number of aromatic nitrogens is 1. The largest absolute Gasteiger partial charge is 0.381 e. The molecule has 18 heavy (non-hydrogen) atoms. The average molecular weight is 270 g/mol. The molecule has 0 amide bonds. The number of nitrogens with zero attached hydrogens (tertiary/aromatic N) is 2. The first-order valence-electron chi connectivity index (χ1n) is 5.96. The number of methoxy groups -OCH3 is 1. The molecule has 0 N–H and O–H groups in total. The summed E-state index contributed by atoms with van der Waals surface area (Å²) in [6, 6.07) is 0. The van der Waals surface area contributed by atoms with Gasteiger partial charge < -0.3 is 9.64 Å². The van der Waals surface area contributed by atoms with Crippen molar-refractivity contribution in [3.63, 3.8) is 0 Å². The maximum absolute atomic E-state index is 8.12. The van der Waals surface area contributed by atoms with Crippen molar-refractivity contribution in [3.05, 3.63) is 11.1 Å². The Morgan fingerprint density at radius 2 is 2.11 bits per heavy atom. The molecule has 1 aromatic rings. The van der Waals surface area contributed by atoms with Crippen LogP contribution in [0.2, 0.25) is 0 Å². The molecule has 5 nitrogen and oxygen atoms in total. The number of thiazole rings is 1. The zero-order chi connectivity index (χ0) is 13.4. The van der Waals surface area contributed by atoms with Crippen LogP contribution < -0.4 is 4.90 Å². The zero-order valence-electron chi connectivity index (χ0n) is 10.7. The molecule has 0 aliphatic carbocycles.